The van der Waals surface area contributed by atoms with Crippen LogP contribution >= 0.6 is 35.0 Å². The van der Waals surface area contributed by atoms with Gasteiger partial charge in [-0.15, -0.1) is 0 Å². The van der Waals surface area contributed by atoms with Crippen molar-refractivity contribution in [2.45, 2.75) is 17.5 Å². The molecule has 2 N–H and O–H groups in total. The zero-order valence-corrected chi connectivity index (χ0v) is 19.1. The van der Waals surface area contributed by atoms with Gasteiger partial charge in [0.25, 0.3) is 5.91 Å². The van der Waals surface area contributed by atoms with E-state index in [4.69, 9.17) is 27.9 Å². The van der Waals surface area contributed by atoms with E-state index < -0.39 is 40.7 Å². The number of carbonyl (C=O) groups is 2. The van der Waals surface area contributed by atoms with Crippen LogP contribution in [0.15, 0.2) is 51.8 Å². The Morgan fingerprint density at radius 2 is 2.06 bits per heavy atom. The maximum Gasteiger partial charge on any atom is 0.435 e. The summed E-state index contributed by atoms with van der Waals surface area (Å²) in [4.78, 5) is 33.0. The first-order valence-corrected chi connectivity index (χ1v) is 10.9. The van der Waals surface area contributed by atoms with E-state index in [1.54, 1.807) is 0 Å². The number of carbonyl (C=O) groups excluding carboxylic acids is 1. The monoisotopic (exact) mass is 533 g/mol. The highest BCUT2D eigenvalue weighted by atomic mass is 35.5. The zero-order valence-electron chi connectivity index (χ0n) is 16.8. The Balaban J connectivity index is 1.76. The molecule has 2 aromatic rings. The minimum absolute atomic E-state index is 0.0583. The van der Waals surface area contributed by atoms with Crippen molar-refractivity contribution < 1.29 is 32.6 Å². The number of methoxy groups -OCH3 is 1. The second-order valence-corrected chi connectivity index (χ2v) is 8.73. The van der Waals surface area contributed by atoms with Crippen molar-refractivity contribution in [3.63, 3.8) is 0 Å². The number of hydrogen-bond acceptors (Lipinski definition) is 7. The standard InChI is InChI=1S/C19H12Cl2F3N5O4S/c1-33-18-26-9-5-7(17(31)32)13(12(21)14(9)34-18)27-16(30)10-6-11(19(22,23)24)28-29(10)15-8(20)3-2-4-25-15/h2-6,9,14H,1H3,(H,27,30)(H,31,32). The fourth-order valence-corrected chi connectivity index (χ4v) is 4.82. The average Bonchev–Trinajstić information content (AvgIpc) is 3.40. The van der Waals surface area contributed by atoms with E-state index in [0.29, 0.717) is 10.7 Å². The number of alkyl halides is 3. The molecule has 2 aliphatic rings. The maximum atomic E-state index is 13.4. The van der Waals surface area contributed by atoms with Crippen LogP contribution in [0, 0.1) is 0 Å². The van der Waals surface area contributed by atoms with Crippen molar-refractivity contribution in [1.82, 2.24) is 20.1 Å². The number of carboxylic acids is 1. The normalized spacial score (nSPS) is 19.9. The van der Waals surface area contributed by atoms with Crippen LogP contribution in [-0.2, 0) is 15.7 Å². The molecule has 2 aromatic heterocycles. The summed E-state index contributed by atoms with van der Waals surface area (Å²) in [5, 5.41) is 14.9. The molecule has 2 atom stereocenters. The topological polar surface area (TPSA) is 119 Å². The number of aliphatic carboxylic acids is 1. The highest BCUT2D eigenvalue weighted by molar-refractivity contribution is 8.14. The molecule has 15 heteroatoms. The van der Waals surface area contributed by atoms with Gasteiger partial charge in [0.2, 0.25) is 5.23 Å². The SMILES string of the molecule is COC1=NC2C=C(C(=O)O)C(NC(=O)c3cc(C(F)(F)F)nn3-c3ncccc3Cl)=C(Cl)C2S1. The van der Waals surface area contributed by atoms with Crippen molar-refractivity contribution in [2.24, 2.45) is 4.99 Å². The summed E-state index contributed by atoms with van der Waals surface area (Å²) in [6.45, 7) is 0. The summed E-state index contributed by atoms with van der Waals surface area (Å²) < 4.78 is 45.8. The Morgan fingerprint density at radius 1 is 1.32 bits per heavy atom. The number of nitrogens with zero attached hydrogens (tertiary/aromatic N) is 4. The van der Waals surface area contributed by atoms with E-state index in [9.17, 15) is 27.9 Å². The van der Waals surface area contributed by atoms with Crippen LogP contribution in [0.4, 0.5) is 13.2 Å². The van der Waals surface area contributed by atoms with Gasteiger partial charge < -0.3 is 15.2 Å². The number of aliphatic imine (C=N–C) groups is 1. The largest absolute Gasteiger partial charge is 0.478 e. The molecular formula is C19H12Cl2F3N5O4S. The van der Waals surface area contributed by atoms with Gasteiger partial charge in [-0.05, 0) is 18.2 Å². The molecular weight excluding hydrogens is 522 g/mol. The van der Waals surface area contributed by atoms with Crippen molar-refractivity contribution in [2.75, 3.05) is 7.11 Å². The molecule has 9 nitrogen and oxygen atoms in total. The molecule has 1 aliphatic heterocycles. The molecule has 178 valence electrons. The first-order chi connectivity index (χ1) is 16.0. The molecule has 1 aliphatic carbocycles. The number of aromatic nitrogens is 3. The quantitative estimate of drug-likeness (QED) is 0.615. The summed E-state index contributed by atoms with van der Waals surface area (Å²) in [7, 11) is 1.38. The molecule has 0 fully saturated rings. The molecule has 0 radical (unpaired) electrons. The predicted molar refractivity (Wildman–Crippen MR) is 117 cm³/mol. The van der Waals surface area contributed by atoms with Crippen molar-refractivity contribution in [3.8, 4) is 5.82 Å². The summed E-state index contributed by atoms with van der Waals surface area (Å²) in [6, 6.07) is 2.65. The van der Waals surface area contributed by atoms with Gasteiger partial charge in [-0.1, -0.05) is 35.0 Å². The van der Waals surface area contributed by atoms with Gasteiger partial charge >= 0.3 is 12.1 Å². The fraction of sp³-hybridized carbons (Fsp3) is 0.211. The Hall–Kier alpha value is -3.03. The molecule has 0 aromatic carbocycles. The lowest BCUT2D eigenvalue weighted by atomic mass is 9.99. The fourth-order valence-electron chi connectivity index (χ4n) is 3.21. The van der Waals surface area contributed by atoms with Crippen LogP contribution < -0.4 is 5.32 Å². The van der Waals surface area contributed by atoms with E-state index in [1.807, 2.05) is 0 Å². The maximum absolute atomic E-state index is 13.4. The number of nitrogens with one attached hydrogen (secondary N) is 1. The summed E-state index contributed by atoms with van der Waals surface area (Å²) in [5.41, 5.74) is -2.63. The number of thioether (sulfide) groups is 1. The van der Waals surface area contributed by atoms with E-state index >= 15 is 0 Å². The Kier molecular flexibility index (Phi) is 6.36. The van der Waals surface area contributed by atoms with E-state index in [0.717, 1.165) is 11.8 Å². The molecule has 4 rings (SSSR count). The summed E-state index contributed by atoms with van der Waals surface area (Å²) >= 11 is 13.6. The van der Waals surface area contributed by atoms with Gasteiger partial charge in [0.1, 0.15) is 5.69 Å². The van der Waals surface area contributed by atoms with E-state index in [-0.39, 0.29) is 32.4 Å². The molecule has 2 unspecified atom stereocenters. The van der Waals surface area contributed by atoms with Crippen molar-refractivity contribution >= 4 is 52.1 Å². The summed E-state index contributed by atoms with van der Waals surface area (Å²) in [6.07, 6.45) is -2.34. The van der Waals surface area contributed by atoms with Gasteiger partial charge in [-0.2, -0.15) is 18.3 Å². The minimum Gasteiger partial charge on any atom is -0.478 e. The molecule has 0 saturated carbocycles. The lowest BCUT2D eigenvalue weighted by Crippen LogP contribution is -2.34. The number of pyridine rings is 1. The number of carboxylic acid groups (broad SMARTS) is 1. The van der Waals surface area contributed by atoms with E-state index in [2.05, 4.69) is 20.4 Å². The third kappa shape index (κ3) is 4.38. The zero-order chi connectivity index (χ0) is 24.8. The van der Waals surface area contributed by atoms with Crippen LogP contribution in [0.25, 0.3) is 5.82 Å². The number of amides is 1. The smallest absolute Gasteiger partial charge is 0.435 e. The average molecular weight is 534 g/mol. The molecule has 1 amide bonds. The Morgan fingerprint density at radius 3 is 2.68 bits per heavy atom. The van der Waals surface area contributed by atoms with Gasteiger partial charge in [0.05, 0.1) is 39.7 Å². The first-order valence-electron chi connectivity index (χ1n) is 9.24. The highest BCUT2D eigenvalue weighted by Gasteiger charge is 2.41. The van der Waals surface area contributed by atoms with Gasteiger partial charge in [0, 0.05) is 12.3 Å². The van der Waals surface area contributed by atoms with Crippen molar-refractivity contribution in [1.29, 1.82) is 0 Å². The number of hydrogen-bond donors (Lipinski definition) is 2. The second kappa shape index (κ2) is 8.96. The number of ether oxygens (including phenoxy) is 1. The first kappa shape index (κ1) is 24.1. The predicted octanol–water partition coefficient (Wildman–Crippen LogP) is 3.63. The van der Waals surface area contributed by atoms with Gasteiger partial charge in [-0.3, -0.25) is 4.79 Å². The molecule has 3 heterocycles. The number of halogens is 5. The van der Waals surface area contributed by atoms with Crippen LogP contribution in [0.2, 0.25) is 5.02 Å². The van der Waals surface area contributed by atoms with Crippen LogP contribution in [0.3, 0.4) is 0 Å². The molecule has 34 heavy (non-hydrogen) atoms. The molecule has 0 spiro atoms. The number of rotatable bonds is 4. The minimum atomic E-state index is -4.88. The van der Waals surface area contributed by atoms with Crippen molar-refractivity contribution in [3.05, 3.63) is 63.2 Å². The third-order valence-corrected chi connectivity index (χ3v) is 6.79. The Bertz CT molecular complexity index is 1290. The van der Waals surface area contributed by atoms with Crippen LogP contribution in [-0.4, -0.2) is 55.4 Å². The van der Waals surface area contributed by atoms with E-state index in [1.165, 1.54) is 31.5 Å². The third-order valence-electron chi connectivity index (χ3n) is 4.70. The molecule has 0 bridgehead atoms. The lowest BCUT2D eigenvalue weighted by molar-refractivity contribution is -0.141. The van der Waals surface area contributed by atoms with Gasteiger partial charge in [-0.25, -0.2) is 19.5 Å². The second-order valence-electron chi connectivity index (χ2n) is 6.82. The van der Waals surface area contributed by atoms with Crippen LogP contribution in [0.1, 0.15) is 16.2 Å². The lowest BCUT2D eigenvalue weighted by Gasteiger charge is -2.24. The van der Waals surface area contributed by atoms with Crippen LogP contribution in [0.5, 0.6) is 0 Å². The summed E-state index contributed by atoms with van der Waals surface area (Å²) in [5.74, 6) is -2.76. The number of fused-ring (bicyclic) bond motifs is 1. The molecule has 0 saturated heterocycles. The highest BCUT2D eigenvalue weighted by Crippen LogP contribution is 2.41. The Labute approximate surface area is 203 Å². The van der Waals surface area contributed by atoms with Gasteiger partial charge in [0.15, 0.2) is 11.5 Å².